The van der Waals surface area contributed by atoms with Crippen LogP contribution in [0.3, 0.4) is 0 Å². The summed E-state index contributed by atoms with van der Waals surface area (Å²) in [6, 6.07) is 0. The van der Waals surface area contributed by atoms with Crippen LogP contribution < -0.4 is 0 Å². The Labute approximate surface area is 75.4 Å². The highest BCUT2D eigenvalue weighted by Gasteiger charge is 2.10. The Morgan fingerprint density at radius 2 is 1.25 bits per heavy atom. The Balaban J connectivity index is 3.32. The molecule has 0 radical (unpaired) electrons. The molecule has 0 saturated carbocycles. The summed E-state index contributed by atoms with van der Waals surface area (Å²) in [5, 5.41) is 0. The lowest BCUT2D eigenvalue weighted by Gasteiger charge is -2.04. The Morgan fingerprint density at radius 1 is 0.917 bits per heavy atom. The van der Waals surface area contributed by atoms with E-state index in [9.17, 15) is 0 Å². The first-order chi connectivity index (χ1) is 5.63. The van der Waals surface area contributed by atoms with Gasteiger partial charge in [0.1, 0.15) is 0 Å². The molecule has 1 aromatic rings. The van der Waals surface area contributed by atoms with Crippen molar-refractivity contribution in [3.05, 3.63) is 22.5 Å². The van der Waals surface area contributed by atoms with Gasteiger partial charge >= 0.3 is 0 Å². The third-order valence-electron chi connectivity index (χ3n) is 2.91. The van der Waals surface area contributed by atoms with Crippen molar-refractivity contribution in [3.8, 4) is 0 Å². The van der Waals surface area contributed by atoms with E-state index < -0.39 is 0 Å². The van der Waals surface area contributed by atoms with Crippen LogP contribution >= 0.6 is 0 Å². The van der Waals surface area contributed by atoms with E-state index in [1.54, 1.807) is 0 Å². The van der Waals surface area contributed by atoms with Crippen LogP contribution in [0.4, 0.5) is 0 Å². The lowest BCUT2D eigenvalue weighted by molar-refractivity contribution is 0.775. The average molecular weight is 165 g/mol. The zero-order valence-corrected chi connectivity index (χ0v) is 8.86. The Bertz CT molecular complexity index is 254. The highest BCUT2D eigenvalue weighted by atomic mass is 15.0. The van der Waals surface area contributed by atoms with Crippen molar-refractivity contribution in [3.63, 3.8) is 0 Å². The summed E-state index contributed by atoms with van der Waals surface area (Å²) in [6.45, 7) is 8.91. The van der Waals surface area contributed by atoms with Gasteiger partial charge in [0.15, 0.2) is 0 Å². The lowest BCUT2D eigenvalue weighted by atomic mass is 10.1. The first-order valence-electron chi connectivity index (χ1n) is 4.77. The summed E-state index contributed by atoms with van der Waals surface area (Å²) < 4.78 is 2.35. The monoisotopic (exact) mass is 165 g/mol. The van der Waals surface area contributed by atoms with E-state index in [0.717, 1.165) is 12.8 Å². The van der Waals surface area contributed by atoms with Crippen LogP contribution in [-0.2, 0) is 19.9 Å². The first kappa shape index (κ1) is 9.37. The first-order valence-corrected chi connectivity index (χ1v) is 4.77. The van der Waals surface area contributed by atoms with Gasteiger partial charge in [-0.15, -0.1) is 0 Å². The molecule has 0 aliphatic carbocycles. The van der Waals surface area contributed by atoms with Gasteiger partial charge in [0, 0.05) is 18.4 Å². The molecule has 0 aliphatic heterocycles. The molecule has 1 nitrogen and oxygen atoms in total. The molecule has 0 fully saturated rings. The van der Waals surface area contributed by atoms with Crippen molar-refractivity contribution in [2.45, 2.75) is 40.5 Å². The molecule has 0 amide bonds. The van der Waals surface area contributed by atoms with E-state index in [4.69, 9.17) is 0 Å². The molecule has 1 heterocycles. The molecule has 0 bridgehead atoms. The Kier molecular flexibility index (Phi) is 2.61. The zero-order chi connectivity index (χ0) is 9.30. The highest BCUT2D eigenvalue weighted by Crippen LogP contribution is 2.21. The van der Waals surface area contributed by atoms with Gasteiger partial charge in [-0.3, -0.25) is 0 Å². The van der Waals surface area contributed by atoms with Crippen LogP contribution in [0.5, 0.6) is 0 Å². The van der Waals surface area contributed by atoms with Crippen molar-refractivity contribution in [2.75, 3.05) is 0 Å². The second kappa shape index (κ2) is 3.34. The third-order valence-corrected chi connectivity index (χ3v) is 2.91. The number of aromatic nitrogens is 1. The topological polar surface area (TPSA) is 4.93 Å². The third kappa shape index (κ3) is 1.17. The number of nitrogens with zero attached hydrogens (tertiary/aromatic N) is 1. The smallest absolute Gasteiger partial charge is 0.0203 e. The summed E-state index contributed by atoms with van der Waals surface area (Å²) >= 11 is 0. The molecule has 0 aromatic carbocycles. The van der Waals surface area contributed by atoms with Crippen molar-refractivity contribution >= 4 is 0 Å². The van der Waals surface area contributed by atoms with Crippen LogP contribution in [0, 0.1) is 13.8 Å². The van der Waals surface area contributed by atoms with E-state index in [0.29, 0.717) is 0 Å². The minimum Gasteiger partial charge on any atom is -0.351 e. The largest absolute Gasteiger partial charge is 0.351 e. The van der Waals surface area contributed by atoms with Gasteiger partial charge in [0.2, 0.25) is 0 Å². The number of hydrogen-bond donors (Lipinski definition) is 0. The van der Waals surface area contributed by atoms with Crippen LogP contribution in [0.1, 0.15) is 36.4 Å². The van der Waals surface area contributed by atoms with Crippen molar-refractivity contribution in [1.29, 1.82) is 0 Å². The van der Waals surface area contributed by atoms with E-state index in [2.05, 4.69) is 39.3 Å². The Hall–Kier alpha value is -0.720. The van der Waals surface area contributed by atoms with Crippen molar-refractivity contribution in [1.82, 2.24) is 4.57 Å². The molecule has 0 atom stereocenters. The molecule has 12 heavy (non-hydrogen) atoms. The van der Waals surface area contributed by atoms with E-state index in [-0.39, 0.29) is 0 Å². The number of hydrogen-bond acceptors (Lipinski definition) is 0. The van der Waals surface area contributed by atoms with Crippen LogP contribution in [-0.4, -0.2) is 4.57 Å². The van der Waals surface area contributed by atoms with Gasteiger partial charge in [-0.1, -0.05) is 13.8 Å². The van der Waals surface area contributed by atoms with Gasteiger partial charge in [-0.25, -0.2) is 0 Å². The maximum atomic E-state index is 2.35. The summed E-state index contributed by atoms with van der Waals surface area (Å²) in [7, 11) is 2.18. The molecular weight excluding hydrogens is 146 g/mol. The van der Waals surface area contributed by atoms with Crippen molar-refractivity contribution < 1.29 is 0 Å². The van der Waals surface area contributed by atoms with Gasteiger partial charge < -0.3 is 4.57 Å². The minimum absolute atomic E-state index is 1.14. The van der Waals surface area contributed by atoms with Crippen LogP contribution in [0.25, 0.3) is 0 Å². The van der Waals surface area contributed by atoms with Gasteiger partial charge in [0.25, 0.3) is 0 Å². The molecule has 0 N–H and O–H groups in total. The SMILES string of the molecule is CCc1c(C)c(C)c(CC)n1C. The number of rotatable bonds is 2. The maximum Gasteiger partial charge on any atom is 0.0203 e. The zero-order valence-electron chi connectivity index (χ0n) is 8.86. The van der Waals surface area contributed by atoms with E-state index in [1.165, 1.54) is 22.5 Å². The van der Waals surface area contributed by atoms with Crippen LogP contribution in [0.2, 0.25) is 0 Å². The van der Waals surface area contributed by atoms with Gasteiger partial charge in [0.05, 0.1) is 0 Å². The lowest BCUT2D eigenvalue weighted by Crippen LogP contribution is -1.99. The van der Waals surface area contributed by atoms with E-state index >= 15 is 0 Å². The Morgan fingerprint density at radius 3 is 1.42 bits per heavy atom. The van der Waals surface area contributed by atoms with Crippen molar-refractivity contribution in [2.24, 2.45) is 7.05 Å². The standard InChI is InChI=1S/C11H19N/c1-6-10-8(3)9(4)11(7-2)12(10)5/h6-7H2,1-5H3. The summed E-state index contributed by atoms with van der Waals surface area (Å²) in [5.74, 6) is 0. The predicted molar refractivity (Wildman–Crippen MR) is 53.6 cm³/mol. The fourth-order valence-corrected chi connectivity index (χ4v) is 2.10. The molecular formula is C11H19N. The second-order valence-electron chi connectivity index (χ2n) is 3.41. The predicted octanol–water partition coefficient (Wildman–Crippen LogP) is 2.77. The summed E-state index contributed by atoms with van der Waals surface area (Å²) in [6.07, 6.45) is 2.28. The second-order valence-corrected chi connectivity index (χ2v) is 3.41. The molecule has 1 aromatic heterocycles. The van der Waals surface area contributed by atoms with E-state index in [1.807, 2.05) is 0 Å². The molecule has 0 saturated heterocycles. The van der Waals surface area contributed by atoms with Crippen LogP contribution in [0.15, 0.2) is 0 Å². The molecule has 68 valence electrons. The highest BCUT2D eigenvalue weighted by molar-refractivity contribution is 5.36. The maximum absolute atomic E-state index is 2.35. The normalized spacial score (nSPS) is 10.8. The minimum atomic E-state index is 1.14. The molecule has 0 unspecified atom stereocenters. The van der Waals surface area contributed by atoms with Gasteiger partial charge in [-0.05, 0) is 37.8 Å². The average Bonchev–Trinajstić information content (AvgIpc) is 2.25. The summed E-state index contributed by atoms with van der Waals surface area (Å²) in [5.41, 5.74) is 5.95. The fourth-order valence-electron chi connectivity index (χ4n) is 2.10. The fraction of sp³-hybridized carbons (Fsp3) is 0.636. The van der Waals surface area contributed by atoms with Gasteiger partial charge in [-0.2, -0.15) is 0 Å². The molecule has 0 spiro atoms. The molecule has 0 aliphatic rings. The quantitative estimate of drug-likeness (QED) is 0.635. The molecule has 1 rings (SSSR count). The molecule has 1 heteroatoms. The summed E-state index contributed by atoms with van der Waals surface area (Å²) in [4.78, 5) is 0.